The van der Waals surface area contributed by atoms with Gasteiger partial charge in [0.05, 0.1) is 39.9 Å². The van der Waals surface area contributed by atoms with Gasteiger partial charge < -0.3 is 20.1 Å². The summed E-state index contributed by atoms with van der Waals surface area (Å²) in [5, 5.41) is 34.3. The Balaban J connectivity index is 2.25. The van der Waals surface area contributed by atoms with Crippen LogP contribution >= 0.6 is 23.2 Å². The van der Waals surface area contributed by atoms with E-state index in [2.05, 4.69) is 5.10 Å². The van der Waals surface area contributed by atoms with Crippen molar-refractivity contribution in [1.29, 1.82) is 0 Å². The van der Waals surface area contributed by atoms with Gasteiger partial charge in [-0.3, -0.25) is 14.7 Å². The van der Waals surface area contributed by atoms with Gasteiger partial charge in [-0.1, -0.05) is 29.3 Å². The second-order valence-electron chi connectivity index (χ2n) is 6.45. The minimum absolute atomic E-state index is 0.0349. The average Bonchev–Trinajstić information content (AvgIpc) is 3.03. The smallest absolute Gasteiger partial charge is 0.341 e. The fourth-order valence-corrected chi connectivity index (χ4v) is 3.57. The second kappa shape index (κ2) is 8.49. The zero-order valence-corrected chi connectivity index (χ0v) is 17.5. The van der Waals surface area contributed by atoms with E-state index in [1.807, 2.05) is 0 Å². The first-order chi connectivity index (χ1) is 14.1. The maximum atomic E-state index is 12.7. The van der Waals surface area contributed by atoms with E-state index in [4.69, 9.17) is 28.4 Å². The zero-order valence-electron chi connectivity index (χ0n) is 16.0. The Kier molecular flexibility index (Phi) is 6.18. The third kappa shape index (κ3) is 3.92. The summed E-state index contributed by atoms with van der Waals surface area (Å²) in [4.78, 5) is 24.6. The third-order valence-electron chi connectivity index (χ3n) is 4.72. The highest BCUT2D eigenvalue weighted by Gasteiger charge is 2.23. The number of aromatic nitrogens is 3. The number of hydrogen-bond donors (Lipinski definition) is 2. The summed E-state index contributed by atoms with van der Waals surface area (Å²) in [5.74, 6) is -1.37. The number of hydrogen-bond acceptors (Lipinski definition) is 6. The van der Waals surface area contributed by atoms with Gasteiger partial charge in [0.15, 0.2) is 5.43 Å². The van der Waals surface area contributed by atoms with Crippen LogP contribution < -0.4 is 10.7 Å². The van der Waals surface area contributed by atoms with Crippen molar-refractivity contribution in [2.45, 2.75) is 26.9 Å². The van der Waals surface area contributed by atoms with Crippen molar-refractivity contribution in [2.75, 3.05) is 5.23 Å². The molecule has 11 heteroatoms. The van der Waals surface area contributed by atoms with E-state index in [0.717, 1.165) is 0 Å². The van der Waals surface area contributed by atoms with Gasteiger partial charge in [-0.05, 0) is 26.0 Å². The Hall–Kier alpha value is -2.85. The molecule has 30 heavy (non-hydrogen) atoms. The van der Waals surface area contributed by atoms with Crippen LogP contribution in [0.4, 0.5) is 5.69 Å². The van der Waals surface area contributed by atoms with Crippen LogP contribution in [0.5, 0.6) is 0 Å². The molecule has 0 aliphatic rings. The molecule has 1 aromatic carbocycles. The molecule has 0 bridgehead atoms. The van der Waals surface area contributed by atoms with Gasteiger partial charge in [-0.2, -0.15) is 5.10 Å². The molecule has 0 fully saturated rings. The molecule has 0 aliphatic heterocycles. The summed E-state index contributed by atoms with van der Waals surface area (Å²) in [6.07, 6.45) is 1.20. The predicted octanol–water partition coefficient (Wildman–Crippen LogP) is 3.79. The van der Waals surface area contributed by atoms with E-state index < -0.39 is 17.0 Å². The molecule has 158 valence electrons. The number of anilines is 1. The number of carboxylic acid groups (broad SMARTS) is 1. The molecule has 3 aromatic rings. The van der Waals surface area contributed by atoms with Crippen molar-refractivity contribution in [3.63, 3.8) is 0 Å². The largest absolute Gasteiger partial charge is 0.733 e. The fraction of sp³-hybridized carbons (Fsp3) is 0.211. The van der Waals surface area contributed by atoms with Gasteiger partial charge in [0.1, 0.15) is 5.56 Å². The summed E-state index contributed by atoms with van der Waals surface area (Å²) in [5.41, 5.74) is 0.333. The van der Waals surface area contributed by atoms with E-state index in [1.165, 1.54) is 29.1 Å². The molecular weight excluding hydrogens is 435 g/mol. The Morgan fingerprint density at radius 1 is 1.27 bits per heavy atom. The van der Waals surface area contributed by atoms with E-state index in [9.17, 15) is 19.9 Å². The van der Waals surface area contributed by atoms with Crippen molar-refractivity contribution in [3.8, 4) is 11.3 Å². The molecule has 2 N–H and O–H groups in total. The molecule has 0 saturated carbocycles. The van der Waals surface area contributed by atoms with Crippen molar-refractivity contribution in [2.24, 2.45) is 0 Å². The van der Waals surface area contributed by atoms with Crippen LogP contribution in [-0.4, -0.2) is 30.6 Å². The van der Waals surface area contributed by atoms with Crippen LogP contribution in [0.1, 0.15) is 28.7 Å². The average molecular weight is 452 g/mol. The van der Waals surface area contributed by atoms with Crippen LogP contribution in [0, 0.1) is 12.1 Å². The molecular formula is C19H17Cl2N4O5-. The first kappa shape index (κ1) is 21.8. The number of rotatable bonds is 6. The maximum Gasteiger partial charge on any atom is 0.341 e. The quantitative estimate of drug-likeness (QED) is 0.546. The lowest BCUT2D eigenvalue weighted by atomic mass is 10.0. The fourth-order valence-electron chi connectivity index (χ4n) is 3.28. The van der Waals surface area contributed by atoms with E-state index in [0.29, 0.717) is 28.5 Å². The molecule has 2 aromatic heterocycles. The first-order valence-corrected chi connectivity index (χ1v) is 9.55. The highest BCUT2D eigenvalue weighted by Crippen LogP contribution is 2.31. The van der Waals surface area contributed by atoms with Gasteiger partial charge in [0, 0.05) is 23.9 Å². The van der Waals surface area contributed by atoms with Gasteiger partial charge in [-0.15, -0.1) is 0 Å². The highest BCUT2D eigenvalue weighted by atomic mass is 35.5. The van der Waals surface area contributed by atoms with Crippen molar-refractivity contribution < 1.29 is 15.1 Å². The van der Waals surface area contributed by atoms with Crippen molar-refractivity contribution >= 4 is 34.9 Å². The van der Waals surface area contributed by atoms with Gasteiger partial charge in [-0.25, -0.2) is 4.79 Å². The summed E-state index contributed by atoms with van der Waals surface area (Å²) in [7, 11) is 0. The first-order valence-electron chi connectivity index (χ1n) is 8.79. The van der Waals surface area contributed by atoms with Crippen LogP contribution in [0.3, 0.4) is 0 Å². The maximum absolute atomic E-state index is 12.7. The number of halogens is 2. The zero-order chi connectivity index (χ0) is 22.2. The molecule has 0 radical (unpaired) electrons. The monoisotopic (exact) mass is 451 g/mol. The minimum atomic E-state index is -1.37. The normalized spacial score (nSPS) is 11.0. The van der Waals surface area contributed by atoms with Gasteiger partial charge >= 0.3 is 5.97 Å². The Morgan fingerprint density at radius 2 is 1.97 bits per heavy atom. The Morgan fingerprint density at radius 3 is 2.50 bits per heavy atom. The van der Waals surface area contributed by atoms with Crippen LogP contribution in [0.25, 0.3) is 11.3 Å². The summed E-state index contributed by atoms with van der Waals surface area (Å²) in [6.45, 7) is 3.79. The molecule has 2 heterocycles. The Bertz CT molecular complexity index is 1190. The lowest BCUT2D eigenvalue weighted by molar-refractivity contribution is 0.0695. The lowest BCUT2D eigenvalue weighted by Gasteiger charge is -2.22. The number of carbonyl (C=O) groups is 1. The number of nitrogens with zero attached hydrogens (tertiary/aromatic N) is 4. The van der Waals surface area contributed by atoms with Crippen LogP contribution in [-0.2, 0) is 13.1 Å². The second-order valence-corrected chi connectivity index (χ2v) is 7.26. The molecule has 0 saturated heterocycles. The molecule has 0 unspecified atom stereocenters. The van der Waals surface area contributed by atoms with Gasteiger partial charge in [0.25, 0.3) is 0 Å². The standard InChI is InChI=1S/C19H17Cl2N4O5/c1-3-23-12(9-24-10(2)15(8-22-24)25(29)30)7-16(26)17(19(27)28)18(23)11-4-5-13(20)14(21)6-11/h4-8,29H,3,9H2,1-2H3,(H,27,28)/q-1. The third-order valence-corrected chi connectivity index (χ3v) is 5.45. The molecule has 0 atom stereocenters. The number of carboxylic acids is 1. The molecule has 0 spiro atoms. The van der Waals surface area contributed by atoms with Gasteiger partial charge in [0.2, 0.25) is 0 Å². The predicted molar refractivity (Wildman–Crippen MR) is 112 cm³/mol. The van der Waals surface area contributed by atoms with E-state index in [1.54, 1.807) is 24.5 Å². The molecule has 3 rings (SSSR count). The van der Waals surface area contributed by atoms with Crippen molar-refractivity contribution in [1.82, 2.24) is 14.3 Å². The molecule has 0 amide bonds. The molecule has 0 aliphatic carbocycles. The number of aromatic carboxylic acids is 1. The lowest BCUT2D eigenvalue weighted by Crippen LogP contribution is -2.25. The minimum Gasteiger partial charge on any atom is -0.733 e. The van der Waals surface area contributed by atoms with Crippen LogP contribution in [0.2, 0.25) is 10.0 Å². The highest BCUT2D eigenvalue weighted by molar-refractivity contribution is 6.42. The van der Waals surface area contributed by atoms with Crippen molar-refractivity contribution in [3.05, 3.63) is 72.9 Å². The summed E-state index contributed by atoms with van der Waals surface area (Å²) < 4.78 is 3.09. The topological polar surface area (TPSA) is 124 Å². The number of pyridine rings is 1. The number of benzene rings is 1. The van der Waals surface area contributed by atoms with E-state index in [-0.39, 0.29) is 28.2 Å². The summed E-state index contributed by atoms with van der Waals surface area (Å²) >= 11 is 12.1. The van der Waals surface area contributed by atoms with E-state index >= 15 is 0 Å². The Labute approximate surface area is 180 Å². The summed E-state index contributed by atoms with van der Waals surface area (Å²) in [6, 6.07) is 5.84. The van der Waals surface area contributed by atoms with Crippen LogP contribution in [0.15, 0.2) is 35.3 Å². The SMILES string of the molecule is CCn1c(Cn2ncc(N([O-])O)c2C)cc(=O)c(C(=O)O)c1-c1ccc(Cl)c(Cl)c1. The molecule has 9 nitrogen and oxygen atoms in total.